The number of carbonyl (C=O) groups is 2. The second-order valence-corrected chi connectivity index (χ2v) is 6.24. The van der Waals surface area contributed by atoms with E-state index in [1.807, 2.05) is 0 Å². The zero-order chi connectivity index (χ0) is 19.9. The lowest BCUT2D eigenvalue weighted by Crippen LogP contribution is -2.51. The summed E-state index contributed by atoms with van der Waals surface area (Å²) in [5, 5.41) is 8.90. The molecule has 4 heterocycles. The number of aryl methyl sites for hydroxylation is 1. The summed E-state index contributed by atoms with van der Waals surface area (Å²) in [5.41, 5.74) is 0.470. The van der Waals surface area contributed by atoms with E-state index in [1.54, 1.807) is 0 Å². The molecule has 3 aromatic rings. The summed E-state index contributed by atoms with van der Waals surface area (Å²) in [6.45, 7) is -0.946. The van der Waals surface area contributed by atoms with Gasteiger partial charge in [0, 0.05) is 44.4 Å². The van der Waals surface area contributed by atoms with Crippen molar-refractivity contribution in [2.75, 3.05) is 13.2 Å². The predicted molar refractivity (Wildman–Crippen MR) is 89.9 cm³/mol. The van der Waals surface area contributed by atoms with Crippen molar-refractivity contribution in [1.29, 1.82) is 0 Å². The van der Waals surface area contributed by atoms with E-state index in [4.69, 9.17) is 4.74 Å². The largest absolute Gasteiger partial charge is 0.483 e. The first-order valence-corrected chi connectivity index (χ1v) is 8.26. The molecule has 10 nitrogen and oxygen atoms in total. The van der Waals surface area contributed by atoms with Crippen molar-refractivity contribution in [2.45, 2.75) is 11.8 Å². The Hall–Kier alpha value is -3.57. The van der Waals surface area contributed by atoms with Gasteiger partial charge in [-0.15, -0.1) is 0 Å². The zero-order valence-electron chi connectivity index (χ0n) is 14.6. The van der Waals surface area contributed by atoms with Crippen molar-refractivity contribution in [2.24, 2.45) is 7.05 Å². The van der Waals surface area contributed by atoms with E-state index in [0.29, 0.717) is 0 Å². The number of alkyl halides is 2. The highest BCUT2D eigenvalue weighted by Crippen LogP contribution is 2.29. The second-order valence-electron chi connectivity index (χ2n) is 6.24. The summed E-state index contributed by atoms with van der Waals surface area (Å²) < 4.78 is 36.8. The molecular formula is C16H15F2N7O3. The lowest BCUT2D eigenvalue weighted by molar-refractivity contribution is -0.122. The number of aromatic nitrogens is 5. The summed E-state index contributed by atoms with van der Waals surface area (Å²) in [7, 11) is 1.46. The predicted octanol–water partition coefficient (Wildman–Crippen LogP) is 0.557. The van der Waals surface area contributed by atoms with Crippen LogP contribution >= 0.6 is 0 Å². The maximum atomic E-state index is 14.5. The van der Waals surface area contributed by atoms with E-state index < -0.39 is 36.2 Å². The maximum Gasteiger partial charge on any atom is 0.337 e. The van der Waals surface area contributed by atoms with Crippen molar-refractivity contribution >= 4 is 17.6 Å². The molecule has 0 spiro atoms. The van der Waals surface area contributed by atoms with E-state index in [9.17, 15) is 18.4 Å². The van der Waals surface area contributed by atoms with Crippen LogP contribution in [-0.4, -0.2) is 49.2 Å². The maximum absolute atomic E-state index is 14.5. The van der Waals surface area contributed by atoms with Crippen molar-refractivity contribution < 1.29 is 23.1 Å². The SMILES string of the molecule is Cn1ccnc1C(F)(F)COc1cc(C2CNC(=O)NC2=O)nn2ccnc12. The Kier molecular flexibility index (Phi) is 4.17. The van der Waals surface area contributed by atoms with Crippen LogP contribution in [0.25, 0.3) is 5.65 Å². The lowest BCUT2D eigenvalue weighted by atomic mass is 10.0. The normalized spacial score (nSPS) is 17.5. The van der Waals surface area contributed by atoms with Crippen LogP contribution in [0.1, 0.15) is 17.4 Å². The van der Waals surface area contributed by atoms with Gasteiger partial charge in [0.15, 0.2) is 23.8 Å². The molecule has 4 rings (SSSR count). The van der Waals surface area contributed by atoms with E-state index in [0.717, 1.165) is 0 Å². The van der Waals surface area contributed by atoms with Crippen LogP contribution in [-0.2, 0) is 17.8 Å². The molecule has 2 N–H and O–H groups in total. The van der Waals surface area contributed by atoms with Gasteiger partial charge in [0.2, 0.25) is 5.91 Å². The molecule has 146 valence electrons. The lowest BCUT2D eigenvalue weighted by Gasteiger charge is -2.22. The average Bonchev–Trinajstić information content (AvgIpc) is 3.28. The molecular weight excluding hydrogens is 376 g/mol. The summed E-state index contributed by atoms with van der Waals surface area (Å²) in [6, 6.07) is 0.773. The fourth-order valence-corrected chi connectivity index (χ4v) is 2.90. The zero-order valence-corrected chi connectivity index (χ0v) is 14.6. The number of urea groups is 1. The average molecular weight is 391 g/mol. The first kappa shape index (κ1) is 17.8. The van der Waals surface area contributed by atoms with Gasteiger partial charge in [-0.05, 0) is 0 Å². The van der Waals surface area contributed by atoms with Crippen LogP contribution in [0.2, 0.25) is 0 Å². The molecule has 0 bridgehead atoms. The molecule has 0 saturated carbocycles. The Morgan fingerprint density at radius 3 is 2.79 bits per heavy atom. The summed E-state index contributed by atoms with van der Waals surface area (Å²) in [6.07, 6.45) is 5.62. The minimum absolute atomic E-state index is 0.0285. The first-order chi connectivity index (χ1) is 13.3. The van der Waals surface area contributed by atoms with Gasteiger partial charge in [0.05, 0.1) is 11.6 Å². The van der Waals surface area contributed by atoms with E-state index in [2.05, 4.69) is 25.7 Å². The summed E-state index contributed by atoms with van der Waals surface area (Å²) >= 11 is 0. The number of hydrogen-bond acceptors (Lipinski definition) is 6. The van der Waals surface area contributed by atoms with Gasteiger partial charge < -0.3 is 14.6 Å². The third kappa shape index (κ3) is 3.12. The Morgan fingerprint density at radius 2 is 2.07 bits per heavy atom. The van der Waals surface area contributed by atoms with Gasteiger partial charge >= 0.3 is 12.0 Å². The van der Waals surface area contributed by atoms with Crippen LogP contribution < -0.4 is 15.4 Å². The van der Waals surface area contributed by atoms with Crippen molar-refractivity contribution in [3.8, 4) is 5.75 Å². The summed E-state index contributed by atoms with van der Waals surface area (Å²) in [5.74, 6) is -5.08. The monoisotopic (exact) mass is 391 g/mol. The molecule has 3 amide bonds. The number of nitrogens with zero attached hydrogens (tertiary/aromatic N) is 5. The molecule has 0 aromatic carbocycles. The fourth-order valence-electron chi connectivity index (χ4n) is 2.90. The van der Waals surface area contributed by atoms with Crippen molar-refractivity contribution in [3.63, 3.8) is 0 Å². The van der Waals surface area contributed by atoms with Gasteiger partial charge in [-0.1, -0.05) is 0 Å². The van der Waals surface area contributed by atoms with Crippen molar-refractivity contribution in [3.05, 3.63) is 42.4 Å². The smallest absolute Gasteiger partial charge is 0.337 e. The number of halogens is 2. The topological polar surface area (TPSA) is 115 Å². The number of rotatable bonds is 5. The minimum atomic E-state index is -3.35. The molecule has 3 aromatic heterocycles. The van der Waals surface area contributed by atoms with Gasteiger partial charge in [-0.25, -0.2) is 19.3 Å². The number of amides is 3. The van der Waals surface area contributed by atoms with Crippen molar-refractivity contribution in [1.82, 2.24) is 34.8 Å². The Morgan fingerprint density at radius 1 is 1.29 bits per heavy atom. The number of imidazole rings is 2. The highest BCUT2D eigenvalue weighted by molar-refractivity contribution is 6.00. The number of ether oxygens (including phenoxy) is 1. The van der Waals surface area contributed by atoms with E-state index in [1.165, 1.54) is 47.0 Å². The number of hydrogen-bond donors (Lipinski definition) is 2. The molecule has 12 heteroatoms. The molecule has 1 unspecified atom stereocenters. The van der Waals surface area contributed by atoms with Crippen LogP contribution in [0.15, 0.2) is 30.9 Å². The number of imide groups is 1. The number of nitrogens with one attached hydrogen (secondary N) is 2. The van der Waals surface area contributed by atoms with Crippen LogP contribution in [0.3, 0.4) is 0 Å². The van der Waals surface area contributed by atoms with Crippen LogP contribution in [0.5, 0.6) is 5.75 Å². The van der Waals surface area contributed by atoms with Crippen LogP contribution in [0, 0.1) is 0 Å². The molecule has 0 radical (unpaired) electrons. The Balaban J connectivity index is 1.63. The molecule has 1 saturated heterocycles. The molecule has 1 aliphatic heterocycles. The quantitative estimate of drug-likeness (QED) is 0.657. The van der Waals surface area contributed by atoms with E-state index >= 15 is 0 Å². The third-order valence-electron chi connectivity index (χ3n) is 4.28. The van der Waals surface area contributed by atoms with Gasteiger partial charge in [-0.2, -0.15) is 13.9 Å². The highest BCUT2D eigenvalue weighted by atomic mass is 19.3. The molecule has 1 fully saturated rings. The molecule has 28 heavy (non-hydrogen) atoms. The van der Waals surface area contributed by atoms with E-state index in [-0.39, 0.29) is 23.6 Å². The highest BCUT2D eigenvalue weighted by Gasteiger charge is 2.37. The molecule has 1 aliphatic rings. The third-order valence-corrected chi connectivity index (χ3v) is 4.28. The Bertz CT molecular complexity index is 1060. The second kappa shape index (κ2) is 6.55. The first-order valence-electron chi connectivity index (χ1n) is 8.26. The standard InChI is InChI=1S/C16H15F2N7O3/c1-24-4-2-20-14(24)16(17,18)8-28-11-6-10(23-25-5-3-19-12(11)25)9-7-21-15(27)22-13(9)26/h2-6,9H,7-8H2,1H3,(H2,21,22,26,27). The fraction of sp³-hybridized carbons (Fsp3) is 0.312. The van der Waals surface area contributed by atoms with Gasteiger partial charge in [0.1, 0.15) is 0 Å². The number of carbonyl (C=O) groups excluding carboxylic acids is 2. The molecule has 0 aliphatic carbocycles. The van der Waals surface area contributed by atoms with Gasteiger partial charge in [-0.3, -0.25) is 10.1 Å². The number of fused-ring (bicyclic) bond motifs is 1. The molecule has 1 atom stereocenters. The Labute approximate surface area is 156 Å². The van der Waals surface area contributed by atoms with Gasteiger partial charge in [0.25, 0.3) is 0 Å². The summed E-state index contributed by atoms with van der Waals surface area (Å²) in [4.78, 5) is 31.1. The van der Waals surface area contributed by atoms with Crippen LogP contribution in [0.4, 0.5) is 13.6 Å². The minimum Gasteiger partial charge on any atom is -0.483 e.